The molecule has 0 aromatic heterocycles. The Labute approximate surface area is 273 Å². The molecular weight excluding hydrogens is 582 g/mol. The largest absolute Gasteiger partial charge is 0.461 e. The van der Waals surface area contributed by atoms with Gasteiger partial charge in [-0.25, -0.2) is 9.37 Å². The number of nitrogens with two attached hydrogens (primary N) is 1. The zero-order valence-corrected chi connectivity index (χ0v) is 27.9. The number of hydrogen-bond acceptors (Lipinski definition) is 7. The van der Waals surface area contributed by atoms with Gasteiger partial charge in [0, 0.05) is 38.6 Å². The Morgan fingerprint density at radius 1 is 1.04 bits per heavy atom. The highest BCUT2D eigenvalue weighted by molar-refractivity contribution is 5.84. The molecule has 10 heteroatoms. The summed E-state index contributed by atoms with van der Waals surface area (Å²) in [6, 6.07) is 20.2. The molecule has 4 atom stereocenters. The monoisotopic (exact) mass is 634 g/mol. The van der Waals surface area contributed by atoms with E-state index in [9.17, 15) is 9.59 Å². The van der Waals surface area contributed by atoms with Gasteiger partial charge in [-0.3, -0.25) is 9.69 Å². The van der Waals surface area contributed by atoms with Crippen LogP contribution in [0.25, 0.3) is 0 Å². The maximum Gasteiger partial charge on any atom is 0.408 e. The van der Waals surface area contributed by atoms with Crippen molar-refractivity contribution in [2.45, 2.75) is 109 Å². The van der Waals surface area contributed by atoms with Crippen LogP contribution in [-0.2, 0) is 25.6 Å². The summed E-state index contributed by atoms with van der Waals surface area (Å²) in [4.78, 5) is 27.7. The van der Waals surface area contributed by atoms with E-state index in [0.29, 0.717) is 43.6 Å². The van der Waals surface area contributed by atoms with Gasteiger partial charge in [0.05, 0.1) is 25.1 Å². The fourth-order valence-corrected chi connectivity index (χ4v) is 6.68. The van der Waals surface area contributed by atoms with Crippen molar-refractivity contribution in [3.63, 3.8) is 0 Å². The molecule has 10 nitrogen and oxygen atoms in total. The first kappa shape index (κ1) is 35.1. The van der Waals surface area contributed by atoms with Crippen LogP contribution in [0.2, 0.25) is 0 Å². The lowest BCUT2D eigenvalue weighted by atomic mass is 9.94. The van der Waals surface area contributed by atoms with Crippen LogP contribution in [0.15, 0.2) is 60.7 Å². The Kier molecular flexibility index (Phi) is 12.7. The minimum Gasteiger partial charge on any atom is -0.461 e. The van der Waals surface area contributed by atoms with E-state index in [-0.39, 0.29) is 37.1 Å². The summed E-state index contributed by atoms with van der Waals surface area (Å²) in [5, 5.41) is 12.1. The molecule has 3 unspecified atom stereocenters. The van der Waals surface area contributed by atoms with Gasteiger partial charge in [0.1, 0.15) is 12.2 Å². The number of amidine groups is 2. The number of carbonyl (C=O) groups excluding carboxylic acids is 2. The zero-order valence-electron chi connectivity index (χ0n) is 27.9. The molecule has 2 aliphatic rings. The zero-order chi connectivity index (χ0) is 33.1. The van der Waals surface area contributed by atoms with Crippen molar-refractivity contribution >= 4 is 23.7 Å². The van der Waals surface area contributed by atoms with Crippen LogP contribution in [-0.4, -0.2) is 77.2 Å². The van der Waals surface area contributed by atoms with Crippen LogP contribution in [0.1, 0.15) is 89.3 Å². The molecular formula is C36H52N5O5+. The second-order valence-electron chi connectivity index (χ2n) is 13.3. The Hall–Kier alpha value is -3.76. The highest BCUT2D eigenvalue weighted by Gasteiger charge is 2.50. The molecule has 0 aliphatic carbocycles. The fourth-order valence-electron chi connectivity index (χ4n) is 6.68. The maximum absolute atomic E-state index is 12.8. The topological polar surface area (TPSA) is 130 Å². The Bertz CT molecular complexity index is 1330. The van der Waals surface area contributed by atoms with Crippen LogP contribution in [0.5, 0.6) is 0 Å². The first-order valence-electron chi connectivity index (χ1n) is 16.5. The molecule has 4 N–H and O–H groups in total. The average molecular weight is 635 g/mol. The van der Waals surface area contributed by atoms with E-state index in [1.54, 1.807) is 7.11 Å². The van der Waals surface area contributed by atoms with E-state index in [0.717, 1.165) is 43.4 Å². The van der Waals surface area contributed by atoms with Gasteiger partial charge in [-0.2, -0.15) is 5.41 Å². The summed E-state index contributed by atoms with van der Waals surface area (Å²) in [5.74, 6) is 0.803. The SMILES string of the molecule is COCCC(=N)[N+](=C(N)CCCC(=O)OCc1ccccc1)C1CC2CCC1N2CC[C@H](NC(=O)OC(C)(C)C)c1ccccc1. The number of methoxy groups -OCH3 is 1. The third kappa shape index (κ3) is 10.1. The van der Waals surface area contributed by atoms with Crippen molar-refractivity contribution in [1.82, 2.24) is 10.2 Å². The standard InChI is InChI=1S/C36H51N5O5/c1-36(2,3)46-35(43)39-29(27-14-9-6-10-15-27)20-22-40-28-18-19-30(40)31(24-28)41(33(38)21-23-44-4)32(37)16-11-17-34(42)45-25-26-12-7-5-8-13-26/h5-10,12-15,28-31,37-38H,11,16-25H2,1-4H3,(H,39,43)/p+1/t28?,29-,30?,31?/m0/s1. The molecule has 250 valence electrons. The molecule has 2 aliphatic heterocycles. The minimum atomic E-state index is -0.581. The molecule has 46 heavy (non-hydrogen) atoms. The van der Waals surface area contributed by atoms with Crippen molar-refractivity contribution in [2.75, 3.05) is 20.3 Å². The normalized spacial score (nSPS) is 20.6. The van der Waals surface area contributed by atoms with Crippen molar-refractivity contribution in [2.24, 2.45) is 5.73 Å². The molecule has 2 aromatic rings. The van der Waals surface area contributed by atoms with Gasteiger partial charge in [-0.05, 0) is 64.0 Å². The first-order valence-corrected chi connectivity index (χ1v) is 16.5. The number of ether oxygens (including phenoxy) is 3. The predicted molar refractivity (Wildman–Crippen MR) is 179 cm³/mol. The third-order valence-electron chi connectivity index (χ3n) is 8.75. The van der Waals surface area contributed by atoms with Crippen molar-refractivity contribution in [3.8, 4) is 0 Å². The van der Waals surface area contributed by atoms with Gasteiger partial charge < -0.3 is 25.3 Å². The van der Waals surface area contributed by atoms with Crippen LogP contribution >= 0.6 is 0 Å². The lowest BCUT2D eigenvalue weighted by molar-refractivity contribution is -0.465. The van der Waals surface area contributed by atoms with Crippen LogP contribution in [0.3, 0.4) is 0 Å². The van der Waals surface area contributed by atoms with Crippen LogP contribution in [0.4, 0.5) is 4.79 Å². The Morgan fingerprint density at radius 2 is 1.74 bits per heavy atom. The molecule has 2 heterocycles. The molecule has 1 amide bonds. The van der Waals surface area contributed by atoms with Gasteiger partial charge in [0.25, 0.3) is 0 Å². The quantitative estimate of drug-likeness (QED) is 0.101. The Balaban J connectivity index is 1.41. The number of rotatable bonds is 15. The number of esters is 1. The number of hydrogen-bond donors (Lipinski definition) is 3. The van der Waals surface area contributed by atoms with Crippen molar-refractivity contribution in [3.05, 3.63) is 71.8 Å². The molecule has 2 bridgehead atoms. The van der Waals surface area contributed by atoms with Gasteiger partial charge in [0.15, 0.2) is 5.84 Å². The average Bonchev–Trinajstić information content (AvgIpc) is 3.58. The summed E-state index contributed by atoms with van der Waals surface area (Å²) in [6.45, 7) is 7.08. The molecule has 0 radical (unpaired) electrons. The lowest BCUT2D eigenvalue weighted by Gasteiger charge is -2.29. The number of carbonyl (C=O) groups is 2. The smallest absolute Gasteiger partial charge is 0.408 e. The molecule has 2 aromatic carbocycles. The predicted octanol–water partition coefficient (Wildman–Crippen LogP) is 5.54. The number of fused-ring (bicyclic) bond motifs is 2. The number of amides is 1. The van der Waals surface area contributed by atoms with Gasteiger partial charge in [0.2, 0.25) is 5.84 Å². The molecule has 4 rings (SSSR count). The van der Waals surface area contributed by atoms with Gasteiger partial charge >= 0.3 is 12.1 Å². The van der Waals surface area contributed by atoms with E-state index in [1.807, 2.05) is 86.0 Å². The number of alkyl carbamates (subject to hydrolysis) is 1. The molecule has 2 saturated heterocycles. The highest BCUT2D eigenvalue weighted by atomic mass is 16.6. The van der Waals surface area contributed by atoms with E-state index in [4.69, 9.17) is 25.4 Å². The third-order valence-corrected chi connectivity index (χ3v) is 8.75. The summed E-state index contributed by atoms with van der Waals surface area (Å²) < 4.78 is 18.3. The minimum absolute atomic E-state index is 0.0714. The van der Waals surface area contributed by atoms with Crippen LogP contribution in [0, 0.1) is 5.41 Å². The summed E-state index contributed by atoms with van der Waals surface area (Å²) in [5.41, 5.74) is 8.15. The Morgan fingerprint density at radius 3 is 2.41 bits per heavy atom. The number of nitrogens with zero attached hydrogens (tertiary/aromatic N) is 2. The first-order chi connectivity index (χ1) is 22.1. The molecule has 0 saturated carbocycles. The summed E-state index contributed by atoms with van der Waals surface area (Å²) in [7, 11) is 1.64. The van der Waals surface area contributed by atoms with E-state index < -0.39 is 11.7 Å². The number of benzene rings is 2. The number of nitrogens with one attached hydrogen (secondary N) is 2. The highest BCUT2D eigenvalue weighted by Crippen LogP contribution is 2.40. The van der Waals surface area contributed by atoms with Crippen molar-refractivity contribution in [1.29, 1.82) is 5.41 Å². The maximum atomic E-state index is 12.8. The lowest BCUT2D eigenvalue weighted by Crippen LogP contribution is -2.47. The molecule has 2 fully saturated rings. The second-order valence-corrected chi connectivity index (χ2v) is 13.3. The van der Waals surface area contributed by atoms with E-state index in [2.05, 4.69) is 10.2 Å². The van der Waals surface area contributed by atoms with E-state index >= 15 is 0 Å². The summed E-state index contributed by atoms with van der Waals surface area (Å²) >= 11 is 0. The van der Waals surface area contributed by atoms with Crippen molar-refractivity contribution < 1.29 is 28.4 Å². The fraction of sp³-hybridized carbons (Fsp3) is 0.556. The summed E-state index contributed by atoms with van der Waals surface area (Å²) in [6.07, 6.45) is 5.12. The van der Waals surface area contributed by atoms with Crippen LogP contribution < -0.4 is 11.1 Å². The second kappa shape index (κ2) is 16.7. The van der Waals surface area contributed by atoms with E-state index in [1.165, 1.54) is 0 Å². The molecule has 0 spiro atoms. The van der Waals surface area contributed by atoms with Gasteiger partial charge in [-0.15, -0.1) is 0 Å². The van der Waals surface area contributed by atoms with Gasteiger partial charge in [-0.1, -0.05) is 60.7 Å².